The minimum absolute atomic E-state index is 0.0352. The van der Waals surface area contributed by atoms with Crippen LogP contribution in [0.1, 0.15) is 10.5 Å². The molecule has 2 rings (SSSR count). The van der Waals surface area contributed by atoms with Gasteiger partial charge in [0.25, 0.3) is 0 Å². The summed E-state index contributed by atoms with van der Waals surface area (Å²) in [6.45, 7) is 0. The van der Waals surface area contributed by atoms with Crippen LogP contribution < -0.4 is 4.74 Å². The van der Waals surface area contributed by atoms with Crippen LogP contribution in [0.4, 0.5) is 0 Å². The summed E-state index contributed by atoms with van der Waals surface area (Å²) in [6.07, 6.45) is 1.42. The highest BCUT2D eigenvalue weighted by Gasteiger charge is 2.09. The van der Waals surface area contributed by atoms with Gasteiger partial charge in [0.2, 0.25) is 0 Å². The minimum Gasteiger partial charge on any atom is -0.496 e. The Morgan fingerprint density at radius 1 is 1.39 bits per heavy atom. The Morgan fingerprint density at radius 3 is 2.78 bits per heavy atom. The Hall–Kier alpha value is -1.95. The van der Waals surface area contributed by atoms with Crippen LogP contribution in [-0.2, 0) is 0 Å². The molecule has 0 aliphatic heterocycles. The number of benzene rings is 1. The first-order chi connectivity index (χ1) is 8.61. The molecular formula is C12H9BrN2O3. The van der Waals surface area contributed by atoms with Gasteiger partial charge in [-0.25, -0.2) is 14.8 Å². The summed E-state index contributed by atoms with van der Waals surface area (Å²) in [6, 6.07) is 6.66. The van der Waals surface area contributed by atoms with E-state index < -0.39 is 5.97 Å². The summed E-state index contributed by atoms with van der Waals surface area (Å²) < 4.78 is 5.87. The molecular weight excluding hydrogens is 300 g/mol. The Bertz CT molecular complexity index is 602. The SMILES string of the molecule is COc1ccc(-c2nccc(C(=O)O)n2)cc1Br. The number of methoxy groups -OCH3 is 1. The van der Waals surface area contributed by atoms with Crippen LogP contribution in [0.2, 0.25) is 0 Å². The lowest BCUT2D eigenvalue weighted by atomic mass is 10.2. The highest BCUT2D eigenvalue weighted by atomic mass is 79.9. The molecule has 0 aliphatic carbocycles. The average molecular weight is 309 g/mol. The number of halogens is 1. The van der Waals surface area contributed by atoms with Crippen molar-refractivity contribution in [1.29, 1.82) is 0 Å². The maximum atomic E-state index is 10.8. The Morgan fingerprint density at radius 2 is 2.17 bits per heavy atom. The first kappa shape index (κ1) is 12.5. The molecule has 0 aliphatic rings. The van der Waals surface area contributed by atoms with Crippen molar-refractivity contribution in [2.75, 3.05) is 7.11 Å². The van der Waals surface area contributed by atoms with Gasteiger partial charge in [0, 0.05) is 11.8 Å². The summed E-state index contributed by atoms with van der Waals surface area (Å²) in [7, 11) is 1.57. The second kappa shape index (κ2) is 5.14. The molecule has 0 radical (unpaired) electrons. The number of ether oxygens (including phenoxy) is 1. The normalized spacial score (nSPS) is 10.1. The van der Waals surface area contributed by atoms with Crippen LogP contribution in [0.15, 0.2) is 34.9 Å². The zero-order valence-corrected chi connectivity index (χ0v) is 11.0. The van der Waals surface area contributed by atoms with Gasteiger partial charge in [0.1, 0.15) is 5.75 Å². The molecule has 1 heterocycles. The molecule has 92 valence electrons. The fourth-order valence-electron chi connectivity index (χ4n) is 1.42. The summed E-state index contributed by atoms with van der Waals surface area (Å²) in [4.78, 5) is 18.9. The van der Waals surface area contributed by atoms with Crippen molar-refractivity contribution in [2.45, 2.75) is 0 Å². The Balaban J connectivity index is 2.45. The lowest BCUT2D eigenvalue weighted by molar-refractivity contribution is 0.0690. The van der Waals surface area contributed by atoms with E-state index in [9.17, 15) is 4.79 Å². The van der Waals surface area contributed by atoms with Crippen LogP contribution in [0.3, 0.4) is 0 Å². The summed E-state index contributed by atoms with van der Waals surface area (Å²) >= 11 is 3.36. The molecule has 1 aromatic carbocycles. The highest BCUT2D eigenvalue weighted by Crippen LogP contribution is 2.28. The highest BCUT2D eigenvalue weighted by molar-refractivity contribution is 9.10. The second-order valence-electron chi connectivity index (χ2n) is 3.42. The van der Waals surface area contributed by atoms with Crippen LogP contribution in [0.5, 0.6) is 5.75 Å². The number of aromatic carboxylic acids is 1. The van der Waals surface area contributed by atoms with Crippen LogP contribution in [-0.4, -0.2) is 28.2 Å². The van der Waals surface area contributed by atoms with E-state index in [1.54, 1.807) is 25.3 Å². The molecule has 1 aromatic heterocycles. The lowest BCUT2D eigenvalue weighted by Gasteiger charge is -2.05. The van der Waals surface area contributed by atoms with E-state index in [0.717, 1.165) is 4.47 Å². The molecule has 0 unspecified atom stereocenters. The van der Waals surface area contributed by atoms with Gasteiger partial charge >= 0.3 is 5.97 Å². The number of nitrogens with zero attached hydrogens (tertiary/aromatic N) is 2. The van der Waals surface area contributed by atoms with E-state index in [1.165, 1.54) is 12.3 Å². The minimum atomic E-state index is -1.08. The number of aromatic nitrogens is 2. The monoisotopic (exact) mass is 308 g/mol. The fraction of sp³-hybridized carbons (Fsp3) is 0.0833. The maximum absolute atomic E-state index is 10.8. The number of hydrogen-bond acceptors (Lipinski definition) is 4. The predicted molar refractivity (Wildman–Crippen MR) is 68.7 cm³/mol. The molecule has 0 amide bonds. The standard InChI is InChI=1S/C12H9BrN2O3/c1-18-10-3-2-7(6-8(10)13)11-14-5-4-9(15-11)12(16)17/h2-6H,1H3,(H,16,17). The number of carbonyl (C=O) groups is 1. The molecule has 0 spiro atoms. The van der Waals surface area contributed by atoms with E-state index in [1.807, 2.05) is 0 Å². The smallest absolute Gasteiger partial charge is 0.354 e. The Kier molecular flexibility index (Phi) is 3.57. The largest absolute Gasteiger partial charge is 0.496 e. The molecule has 6 heteroatoms. The quantitative estimate of drug-likeness (QED) is 0.943. The maximum Gasteiger partial charge on any atom is 0.354 e. The molecule has 0 atom stereocenters. The van der Waals surface area contributed by atoms with Gasteiger partial charge in [-0.05, 0) is 40.2 Å². The molecule has 0 fully saturated rings. The van der Waals surface area contributed by atoms with E-state index >= 15 is 0 Å². The van der Waals surface area contributed by atoms with Gasteiger partial charge in [-0.1, -0.05) is 0 Å². The van der Waals surface area contributed by atoms with Crippen molar-refractivity contribution < 1.29 is 14.6 Å². The summed E-state index contributed by atoms with van der Waals surface area (Å²) in [5.41, 5.74) is 0.678. The molecule has 1 N–H and O–H groups in total. The molecule has 0 saturated carbocycles. The summed E-state index contributed by atoms with van der Waals surface area (Å²) in [5, 5.41) is 8.87. The van der Waals surface area contributed by atoms with Crippen molar-refractivity contribution in [3.63, 3.8) is 0 Å². The average Bonchev–Trinajstić information content (AvgIpc) is 2.38. The zero-order valence-electron chi connectivity index (χ0n) is 9.42. The van der Waals surface area contributed by atoms with Crippen molar-refractivity contribution in [3.05, 3.63) is 40.6 Å². The molecule has 0 bridgehead atoms. The van der Waals surface area contributed by atoms with E-state index in [4.69, 9.17) is 9.84 Å². The van der Waals surface area contributed by atoms with E-state index in [2.05, 4.69) is 25.9 Å². The topological polar surface area (TPSA) is 72.3 Å². The third-order valence-corrected chi connectivity index (χ3v) is 2.90. The summed E-state index contributed by atoms with van der Waals surface area (Å²) in [5.74, 6) is -0.0300. The van der Waals surface area contributed by atoms with Gasteiger partial charge in [-0.15, -0.1) is 0 Å². The third-order valence-electron chi connectivity index (χ3n) is 2.28. The zero-order chi connectivity index (χ0) is 13.1. The molecule has 5 nitrogen and oxygen atoms in total. The Labute approximate surface area is 112 Å². The van der Waals surface area contributed by atoms with Crippen LogP contribution in [0.25, 0.3) is 11.4 Å². The van der Waals surface area contributed by atoms with Gasteiger partial charge in [-0.3, -0.25) is 0 Å². The number of hydrogen-bond donors (Lipinski definition) is 1. The molecule has 18 heavy (non-hydrogen) atoms. The van der Waals surface area contributed by atoms with Gasteiger partial charge in [0.05, 0.1) is 11.6 Å². The number of rotatable bonds is 3. The lowest BCUT2D eigenvalue weighted by Crippen LogP contribution is -2.02. The fourth-order valence-corrected chi connectivity index (χ4v) is 1.96. The number of carboxylic acid groups (broad SMARTS) is 1. The van der Waals surface area contributed by atoms with E-state index in [-0.39, 0.29) is 5.69 Å². The van der Waals surface area contributed by atoms with Gasteiger partial charge < -0.3 is 9.84 Å². The van der Waals surface area contributed by atoms with Gasteiger partial charge in [-0.2, -0.15) is 0 Å². The van der Waals surface area contributed by atoms with Crippen molar-refractivity contribution >= 4 is 21.9 Å². The van der Waals surface area contributed by atoms with Crippen LogP contribution in [0, 0.1) is 0 Å². The first-order valence-corrected chi connectivity index (χ1v) is 5.81. The molecule has 0 saturated heterocycles. The van der Waals surface area contributed by atoms with Gasteiger partial charge in [0.15, 0.2) is 11.5 Å². The van der Waals surface area contributed by atoms with Crippen molar-refractivity contribution in [1.82, 2.24) is 9.97 Å². The second-order valence-corrected chi connectivity index (χ2v) is 4.27. The predicted octanol–water partition coefficient (Wildman–Crippen LogP) is 2.61. The third kappa shape index (κ3) is 2.48. The molecule has 2 aromatic rings. The van der Waals surface area contributed by atoms with Crippen LogP contribution >= 0.6 is 15.9 Å². The van der Waals surface area contributed by atoms with Crippen molar-refractivity contribution in [3.8, 4) is 17.1 Å². The first-order valence-electron chi connectivity index (χ1n) is 5.02. The van der Waals surface area contributed by atoms with E-state index in [0.29, 0.717) is 17.1 Å². The van der Waals surface area contributed by atoms with Crippen molar-refractivity contribution in [2.24, 2.45) is 0 Å². The number of carboxylic acids is 1.